The van der Waals surface area contributed by atoms with E-state index in [9.17, 15) is 0 Å². The molecule has 0 atom stereocenters. The van der Waals surface area contributed by atoms with Crippen molar-refractivity contribution in [2.75, 3.05) is 6.54 Å². The first kappa shape index (κ1) is 12.0. The summed E-state index contributed by atoms with van der Waals surface area (Å²) in [5, 5.41) is 1.62. The molecular weight excluding hydrogens is 232 g/mol. The first-order valence-electron chi connectivity index (χ1n) is 5.39. The van der Waals surface area contributed by atoms with Crippen molar-refractivity contribution < 1.29 is 0 Å². The molecule has 17 heavy (non-hydrogen) atoms. The highest BCUT2D eigenvalue weighted by Gasteiger charge is 2.01. The zero-order valence-electron chi connectivity index (χ0n) is 9.63. The van der Waals surface area contributed by atoms with Gasteiger partial charge in [-0.25, -0.2) is 15.0 Å². The Hall–Kier alpha value is -1.46. The van der Waals surface area contributed by atoms with Gasteiger partial charge in [-0.15, -0.1) is 0 Å². The van der Waals surface area contributed by atoms with E-state index in [-0.39, 0.29) is 0 Å². The van der Waals surface area contributed by atoms with Gasteiger partial charge in [0.05, 0.1) is 0 Å². The van der Waals surface area contributed by atoms with Crippen molar-refractivity contribution in [1.82, 2.24) is 15.0 Å². The molecule has 0 fully saturated rings. The lowest BCUT2D eigenvalue weighted by Gasteiger charge is -2.01. The number of hydrogen-bond acceptors (Lipinski definition) is 5. The smallest absolute Gasteiger partial charge is 0.193 e. The summed E-state index contributed by atoms with van der Waals surface area (Å²) in [7, 11) is 0. The maximum atomic E-state index is 5.48. The third-order valence-corrected chi connectivity index (χ3v) is 3.03. The molecule has 0 aliphatic carbocycles. The van der Waals surface area contributed by atoms with Gasteiger partial charge in [0, 0.05) is 18.6 Å². The topological polar surface area (TPSA) is 64.7 Å². The quantitative estimate of drug-likeness (QED) is 0.834. The number of nitrogens with zero attached hydrogens (tertiary/aromatic N) is 3. The van der Waals surface area contributed by atoms with Gasteiger partial charge in [0.15, 0.2) is 5.16 Å². The third-order valence-electron chi connectivity index (χ3n) is 2.18. The molecule has 0 unspecified atom stereocenters. The zero-order valence-corrected chi connectivity index (χ0v) is 10.4. The van der Waals surface area contributed by atoms with Crippen molar-refractivity contribution in [3.8, 4) is 0 Å². The van der Waals surface area contributed by atoms with Gasteiger partial charge >= 0.3 is 0 Å². The van der Waals surface area contributed by atoms with Crippen molar-refractivity contribution in [1.29, 1.82) is 0 Å². The number of pyridine rings is 1. The van der Waals surface area contributed by atoms with E-state index in [2.05, 4.69) is 15.0 Å². The molecule has 0 amide bonds. The van der Waals surface area contributed by atoms with Crippen molar-refractivity contribution in [2.45, 2.75) is 23.5 Å². The van der Waals surface area contributed by atoms with Crippen LogP contribution >= 0.6 is 11.8 Å². The van der Waals surface area contributed by atoms with E-state index in [1.54, 1.807) is 12.4 Å². The predicted octanol–water partition coefficient (Wildman–Crippen LogP) is 1.83. The van der Waals surface area contributed by atoms with Crippen LogP contribution in [0.5, 0.6) is 0 Å². The Kier molecular flexibility index (Phi) is 4.06. The van der Waals surface area contributed by atoms with Crippen molar-refractivity contribution >= 4 is 11.8 Å². The van der Waals surface area contributed by atoms with Gasteiger partial charge in [-0.1, -0.05) is 6.07 Å². The minimum atomic E-state index is 0.648. The zero-order chi connectivity index (χ0) is 12.1. The molecule has 2 heterocycles. The summed E-state index contributed by atoms with van der Waals surface area (Å²) in [5.41, 5.74) is 7.69. The van der Waals surface area contributed by atoms with E-state index >= 15 is 0 Å². The maximum Gasteiger partial charge on any atom is 0.193 e. The fourth-order valence-electron chi connectivity index (χ4n) is 1.31. The minimum Gasteiger partial charge on any atom is -0.330 e. The lowest BCUT2D eigenvalue weighted by atomic mass is 10.2. The van der Waals surface area contributed by atoms with Gasteiger partial charge in [-0.2, -0.15) is 0 Å². The van der Waals surface area contributed by atoms with E-state index in [0.29, 0.717) is 6.54 Å². The summed E-state index contributed by atoms with van der Waals surface area (Å²) in [6, 6.07) is 4.01. The molecule has 2 N–H and O–H groups in total. The molecule has 2 aromatic rings. The predicted molar refractivity (Wildman–Crippen MR) is 67.9 cm³/mol. The van der Waals surface area contributed by atoms with E-state index < -0.39 is 0 Å². The van der Waals surface area contributed by atoms with Crippen LogP contribution in [0, 0.1) is 6.92 Å². The molecular formula is C12H14N4S. The first-order chi connectivity index (χ1) is 8.28. The van der Waals surface area contributed by atoms with Crippen molar-refractivity contribution in [3.05, 3.63) is 41.9 Å². The fourth-order valence-corrected chi connectivity index (χ4v) is 1.95. The average Bonchev–Trinajstić information content (AvgIpc) is 2.35. The molecule has 0 aromatic carbocycles. The molecule has 0 spiro atoms. The molecule has 4 nitrogen and oxygen atoms in total. The Morgan fingerprint density at radius 3 is 2.47 bits per heavy atom. The lowest BCUT2D eigenvalue weighted by molar-refractivity contribution is 0.932. The number of aryl methyl sites for hydroxylation is 1. The van der Waals surface area contributed by atoms with Crippen LogP contribution in [0.15, 0.2) is 40.9 Å². The largest absolute Gasteiger partial charge is 0.330 e. The van der Waals surface area contributed by atoms with Crippen LogP contribution in [0.25, 0.3) is 0 Å². The molecule has 0 aliphatic rings. The normalized spacial score (nSPS) is 10.5. The molecule has 0 saturated carbocycles. The third kappa shape index (κ3) is 3.51. The van der Waals surface area contributed by atoms with Crippen LogP contribution in [-0.2, 0) is 6.42 Å². The first-order valence-corrected chi connectivity index (χ1v) is 6.21. The summed E-state index contributed by atoms with van der Waals surface area (Å²) < 4.78 is 0. The van der Waals surface area contributed by atoms with Gasteiger partial charge in [0.25, 0.3) is 0 Å². The van der Waals surface area contributed by atoms with E-state index in [4.69, 9.17) is 5.73 Å². The van der Waals surface area contributed by atoms with Gasteiger partial charge in [-0.3, -0.25) is 0 Å². The second kappa shape index (κ2) is 5.75. The van der Waals surface area contributed by atoms with Gasteiger partial charge in [0.2, 0.25) is 0 Å². The number of aromatic nitrogens is 3. The highest BCUT2D eigenvalue weighted by atomic mass is 32.2. The van der Waals surface area contributed by atoms with Crippen LogP contribution in [0.3, 0.4) is 0 Å². The Balaban J connectivity index is 2.05. The minimum absolute atomic E-state index is 0.648. The van der Waals surface area contributed by atoms with Crippen molar-refractivity contribution in [3.63, 3.8) is 0 Å². The maximum absolute atomic E-state index is 5.48. The Morgan fingerprint density at radius 2 is 1.88 bits per heavy atom. The van der Waals surface area contributed by atoms with Crippen molar-refractivity contribution in [2.24, 2.45) is 5.73 Å². The summed E-state index contributed by atoms with van der Waals surface area (Å²) in [6.07, 6.45) is 6.32. The summed E-state index contributed by atoms with van der Waals surface area (Å²) >= 11 is 1.46. The monoisotopic (exact) mass is 246 g/mol. The Bertz CT molecular complexity index is 467. The number of hydrogen-bond donors (Lipinski definition) is 1. The van der Waals surface area contributed by atoms with Crippen LogP contribution < -0.4 is 5.73 Å². The standard InChI is InChI=1S/C12H14N4S/c1-9-6-15-12(16-7-9)17-11-3-2-10(4-5-13)8-14-11/h2-3,6-8H,4-5,13H2,1H3. The second-order valence-corrected chi connectivity index (χ2v) is 4.68. The Labute approximate surface area is 105 Å². The molecule has 0 aliphatic heterocycles. The van der Waals surface area contributed by atoms with E-state index in [0.717, 1.165) is 27.7 Å². The van der Waals surface area contributed by atoms with Gasteiger partial charge < -0.3 is 5.73 Å². The second-order valence-electron chi connectivity index (χ2n) is 3.69. The summed E-state index contributed by atoms with van der Waals surface area (Å²) in [6.45, 7) is 2.61. The lowest BCUT2D eigenvalue weighted by Crippen LogP contribution is -2.02. The van der Waals surface area contributed by atoms with Gasteiger partial charge in [0.1, 0.15) is 5.03 Å². The van der Waals surface area contributed by atoms with Crippen LogP contribution in [0.1, 0.15) is 11.1 Å². The number of rotatable bonds is 4. The highest BCUT2D eigenvalue weighted by Crippen LogP contribution is 2.21. The molecule has 2 aromatic heterocycles. The molecule has 0 bridgehead atoms. The molecule has 0 radical (unpaired) electrons. The fraction of sp³-hybridized carbons (Fsp3) is 0.250. The highest BCUT2D eigenvalue weighted by molar-refractivity contribution is 7.99. The molecule has 0 saturated heterocycles. The molecule has 88 valence electrons. The number of nitrogens with two attached hydrogens (primary N) is 1. The average molecular weight is 246 g/mol. The summed E-state index contributed by atoms with van der Waals surface area (Å²) in [4.78, 5) is 12.8. The van der Waals surface area contributed by atoms with Crippen LogP contribution in [0.4, 0.5) is 0 Å². The molecule has 5 heteroatoms. The Morgan fingerprint density at radius 1 is 1.12 bits per heavy atom. The molecule has 2 rings (SSSR count). The van der Waals surface area contributed by atoms with Crippen LogP contribution in [-0.4, -0.2) is 21.5 Å². The van der Waals surface area contributed by atoms with Gasteiger partial charge in [-0.05, 0) is 48.8 Å². The SMILES string of the molecule is Cc1cnc(Sc2ccc(CCN)cn2)nc1. The van der Waals surface area contributed by atoms with E-state index in [1.165, 1.54) is 11.8 Å². The summed E-state index contributed by atoms with van der Waals surface area (Å²) in [5.74, 6) is 0. The van der Waals surface area contributed by atoms with E-state index in [1.807, 2.05) is 25.3 Å². The van der Waals surface area contributed by atoms with Crippen LogP contribution in [0.2, 0.25) is 0 Å².